The molecule has 0 aliphatic carbocycles. The lowest BCUT2D eigenvalue weighted by atomic mass is 9.99. The summed E-state index contributed by atoms with van der Waals surface area (Å²) in [5.41, 5.74) is 13.5. The van der Waals surface area contributed by atoms with E-state index in [1.54, 1.807) is 0 Å². The van der Waals surface area contributed by atoms with E-state index in [1.165, 1.54) is 10.8 Å². The summed E-state index contributed by atoms with van der Waals surface area (Å²) in [6.07, 6.45) is 0. The number of hydrogen-bond donors (Lipinski definition) is 1. The van der Waals surface area contributed by atoms with Gasteiger partial charge in [0.05, 0.1) is 16.6 Å². The summed E-state index contributed by atoms with van der Waals surface area (Å²) < 4.78 is 2.27. The van der Waals surface area contributed by atoms with Gasteiger partial charge in [-0.25, -0.2) is 4.98 Å². The van der Waals surface area contributed by atoms with Crippen LogP contribution in [-0.2, 0) is 0 Å². The summed E-state index contributed by atoms with van der Waals surface area (Å²) in [6, 6.07) is 31.4. The molecule has 0 saturated carbocycles. The second kappa shape index (κ2) is 5.57. The Balaban J connectivity index is 1.83. The zero-order valence-corrected chi connectivity index (χ0v) is 15.1. The van der Waals surface area contributed by atoms with E-state index in [2.05, 4.69) is 71.1 Å². The molecular formula is C25H17N3. The molecule has 0 bridgehead atoms. The summed E-state index contributed by atoms with van der Waals surface area (Å²) in [6.45, 7) is 0. The highest BCUT2D eigenvalue weighted by molar-refractivity contribution is 6.14. The molecule has 4 aromatic carbocycles. The minimum Gasteiger partial charge on any atom is -0.398 e. The first-order valence-corrected chi connectivity index (χ1v) is 9.38. The molecule has 2 N–H and O–H groups in total. The summed E-state index contributed by atoms with van der Waals surface area (Å²) in [5, 5.41) is 3.56. The maximum atomic E-state index is 6.24. The molecule has 0 spiro atoms. The van der Waals surface area contributed by atoms with Crippen LogP contribution in [0.4, 0.5) is 5.69 Å². The van der Waals surface area contributed by atoms with Crippen molar-refractivity contribution in [1.82, 2.24) is 9.38 Å². The monoisotopic (exact) mass is 359 g/mol. The largest absolute Gasteiger partial charge is 0.398 e. The van der Waals surface area contributed by atoms with Gasteiger partial charge in [-0.05, 0) is 41.3 Å². The van der Waals surface area contributed by atoms with Gasteiger partial charge in [0.1, 0.15) is 5.65 Å². The van der Waals surface area contributed by atoms with E-state index in [1.807, 2.05) is 24.3 Å². The summed E-state index contributed by atoms with van der Waals surface area (Å²) in [7, 11) is 0. The van der Waals surface area contributed by atoms with Crippen LogP contribution in [0.3, 0.4) is 0 Å². The Morgan fingerprint density at radius 2 is 1.39 bits per heavy atom. The minimum atomic E-state index is 0.792. The van der Waals surface area contributed by atoms with Crippen LogP contribution >= 0.6 is 0 Å². The van der Waals surface area contributed by atoms with Crippen LogP contribution in [0.15, 0.2) is 91.0 Å². The predicted octanol–water partition coefficient (Wildman–Crippen LogP) is 6.04. The predicted molar refractivity (Wildman–Crippen MR) is 118 cm³/mol. The molecule has 0 atom stereocenters. The standard InChI is InChI=1S/C25H17N3/c26-21-10-4-3-7-17(21)16-13-14-23-20(15-16)18-8-1-2-9-19(18)25-27-22-11-5-6-12-24(22)28(23)25/h1-15H,26H2. The van der Waals surface area contributed by atoms with E-state index in [0.717, 1.165) is 44.4 Å². The van der Waals surface area contributed by atoms with Crippen LogP contribution in [-0.4, -0.2) is 9.38 Å². The molecule has 132 valence electrons. The van der Waals surface area contributed by atoms with Gasteiger partial charge in [-0.15, -0.1) is 0 Å². The molecule has 0 fully saturated rings. The normalized spacial score (nSPS) is 11.7. The molecule has 6 rings (SSSR count). The maximum Gasteiger partial charge on any atom is 0.146 e. The molecular weight excluding hydrogens is 342 g/mol. The Morgan fingerprint density at radius 1 is 0.643 bits per heavy atom. The number of nitrogens with two attached hydrogens (primary N) is 1. The fraction of sp³-hybridized carbons (Fsp3) is 0. The van der Waals surface area contributed by atoms with Crippen molar-refractivity contribution in [2.75, 3.05) is 5.73 Å². The number of pyridine rings is 1. The molecule has 0 aliphatic heterocycles. The van der Waals surface area contributed by atoms with Crippen LogP contribution in [0.5, 0.6) is 0 Å². The molecule has 0 amide bonds. The first-order valence-electron chi connectivity index (χ1n) is 9.38. The van der Waals surface area contributed by atoms with Crippen LogP contribution in [0.1, 0.15) is 0 Å². The number of imidazole rings is 1. The topological polar surface area (TPSA) is 43.3 Å². The lowest BCUT2D eigenvalue weighted by Crippen LogP contribution is -1.93. The Hall–Kier alpha value is -3.85. The third kappa shape index (κ3) is 2.01. The van der Waals surface area contributed by atoms with Gasteiger partial charge in [-0.1, -0.05) is 60.7 Å². The number of anilines is 1. The number of para-hydroxylation sites is 3. The smallest absolute Gasteiger partial charge is 0.146 e. The third-order valence-corrected chi connectivity index (χ3v) is 5.53. The Kier molecular flexibility index (Phi) is 3.03. The molecule has 0 unspecified atom stereocenters. The van der Waals surface area contributed by atoms with E-state index in [4.69, 9.17) is 10.7 Å². The lowest BCUT2D eigenvalue weighted by molar-refractivity contribution is 1.31. The number of nitrogens with zero attached hydrogens (tertiary/aromatic N) is 2. The van der Waals surface area contributed by atoms with Crippen molar-refractivity contribution < 1.29 is 0 Å². The molecule has 0 radical (unpaired) electrons. The summed E-state index contributed by atoms with van der Waals surface area (Å²) in [5.74, 6) is 0. The third-order valence-electron chi connectivity index (χ3n) is 5.53. The van der Waals surface area contributed by atoms with Crippen molar-refractivity contribution in [3.05, 3.63) is 91.0 Å². The molecule has 28 heavy (non-hydrogen) atoms. The van der Waals surface area contributed by atoms with Gasteiger partial charge >= 0.3 is 0 Å². The molecule has 0 aliphatic rings. The lowest BCUT2D eigenvalue weighted by Gasteiger charge is -2.12. The van der Waals surface area contributed by atoms with Crippen LogP contribution in [0.2, 0.25) is 0 Å². The van der Waals surface area contributed by atoms with Crippen molar-refractivity contribution in [3.63, 3.8) is 0 Å². The second-order valence-electron chi connectivity index (χ2n) is 7.12. The number of aromatic nitrogens is 2. The summed E-state index contributed by atoms with van der Waals surface area (Å²) >= 11 is 0. The van der Waals surface area contributed by atoms with Gasteiger partial charge in [0.15, 0.2) is 0 Å². The first kappa shape index (κ1) is 15.2. The molecule has 0 saturated heterocycles. The van der Waals surface area contributed by atoms with E-state index in [0.29, 0.717) is 0 Å². The fourth-order valence-electron chi connectivity index (χ4n) is 4.24. The molecule has 2 aromatic heterocycles. The number of hydrogen-bond acceptors (Lipinski definition) is 2. The highest BCUT2D eigenvalue weighted by atomic mass is 15.0. The number of benzene rings is 4. The Labute approximate surface area is 161 Å². The number of rotatable bonds is 1. The summed E-state index contributed by atoms with van der Waals surface area (Å²) in [4.78, 5) is 4.93. The van der Waals surface area contributed by atoms with Crippen LogP contribution < -0.4 is 5.73 Å². The fourth-order valence-corrected chi connectivity index (χ4v) is 4.24. The van der Waals surface area contributed by atoms with Gasteiger partial charge in [0.2, 0.25) is 0 Å². The van der Waals surface area contributed by atoms with Gasteiger partial charge in [-0.2, -0.15) is 0 Å². The Morgan fingerprint density at radius 3 is 2.29 bits per heavy atom. The van der Waals surface area contributed by atoms with Crippen LogP contribution in [0, 0.1) is 0 Å². The average molecular weight is 359 g/mol. The average Bonchev–Trinajstić information content (AvgIpc) is 3.14. The molecule has 3 nitrogen and oxygen atoms in total. The van der Waals surface area contributed by atoms with Gasteiger partial charge in [-0.3, -0.25) is 4.40 Å². The second-order valence-corrected chi connectivity index (χ2v) is 7.12. The van der Waals surface area contributed by atoms with Gasteiger partial charge < -0.3 is 5.73 Å². The maximum absolute atomic E-state index is 6.24. The van der Waals surface area contributed by atoms with Crippen molar-refractivity contribution in [2.24, 2.45) is 0 Å². The van der Waals surface area contributed by atoms with Crippen molar-refractivity contribution >= 4 is 44.0 Å². The van der Waals surface area contributed by atoms with Crippen molar-refractivity contribution in [2.45, 2.75) is 0 Å². The number of fused-ring (bicyclic) bond motifs is 8. The molecule has 3 heteroatoms. The zero-order valence-electron chi connectivity index (χ0n) is 15.1. The van der Waals surface area contributed by atoms with Gasteiger partial charge in [0.25, 0.3) is 0 Å². The zero-order chi connectivity index (χ0) is 18.7. The highest BCUT2D eigenvalue weighted by Gasteiger charge is 2.14. The van der Waals surface area contributed by atoms with E-state index < -0.39 is 0 Å². The molecule has 2 heterocycles. The van der Waals surface area contributed by atoms with Gasteiger partial charge in [0, 0.05) is 22.0 Å². The van der Waals surface area contributed by atoms with E-state index >= 15 is 0 Å². The first-order chi connectivity index (χ1) is 13.8. The SMILES string of the molecule is Nc1ccccc1-c1ccc2c(c1)c1ccccc1c1nc3ccccc3n21. The van der Waals surface area contributed by atoms with Crippen molar-refractivity contribution in [3.8, 4) is 11.1 Å². The number of nitrogen functional groups attached to an aromatic ring is 1. The highest BCUT2D eigenvalue weighted by Crippen LogP contribution is 2.35. The van der Waals surface area contributed by atoms with Crippen molar-refractivity contribution in [1.29, 1.82) is 0 Å². The van der Waals surface area contributed by atoms with E-state index in [-0.39, 0.29) is 0 Å². The molecule has 6 aromatic rings. The quantitative estimate of drug-likeness (QED) is 0.287. The Bertz CT molecular complexity index is 1530. The minimum absolute atomic E-state index is 0.792. The van der Waals surface area contributed by atoms with E-state index in [9.17, 15) is 0 Å². The van der Waals surface area contributed by atoms with Crippen LogP contribution in [0.25, 0.3) is 49.5 Å².